The van der Waals surface area contributed by atoms with Gasteiger partial charge >= 0.3 is 0 Å². The summed E-state index contributed by atoms with van der Waals surface area (Å²) in [6.07, 6.45) is 1.63. The first kappa shape index (κ1) is 14.0. The Bertz CT molecular complexity index is 371. The van der Waals surface area contributed by atoms with Crippen LogP contribution in [0.25, 0.3) is 0 Å². The molecule has 0 atom stereocenters. The van der Waals surface area contributed by atoms with Gasteiger partial charge in [0.15, 0.2) is 0 Å². The van der Waals surface area contributed by atoms with Gasteiger partial charge in [0, 0.05) is 0 Å². The molecule has 94 valence electrons. The van der Waals surface area contributed by atoms with E-state index in [2.05, 4.69) is 0 Å². The van der Waals surface area contributed by atoms with Crippen LogP contribution < -0.4 is 4.90 Å². The monoisotopic (exact) mass is 255 g/mol. The lowest BCUT2D eigenvalue weighted by atomic mass is 10.0. The molecule has 3 nitrogen and oxygen atoms in total. The molecule has 1 rings (SSSR count). The van der Waals surface area contributed by atoms with Crippen LogP contribution in [0.2, 0.25) is 0 Å². The zero-order valence-electron chi connectivity index (χ0n) is 10.2. The summed E-state index contributed by atoms with van der Waals surface area (Å²) in [6, 6.07) is 5.92. The van der Waals surface area contributed by atoms with Gasteiger partial charge in [-0.3, -0.25) is 9.69 Å². The van der Waals surface area contributed by atoms with Crippen molar-refractivity contribution in [3.05, 3.63) is 29.3 Å². The third-order valence-electron chi connectivity index (χ3n) is 2.79. The van der Waals surface area contributed by atoms with Crippen LogP contribution in [0.1, 0.15) is 25.0 Å². The Labute approximate surface area is 107 Å². The van der Waals surface area contributed by atoms with Gasteiger partial charge in [-0.1, -0.05) is 32.0 Å². The van der Waals surface area contributed by atoms with E-state index in [1.807, 2.05) is 32.0 Å². The van der Waals surface area contributed by atoms with Crippen LogP contribution >= 0.6 is 11.6 Å². The van der Waals surface area contributed by atoms with Crippen LogP contribution in [0.5, 0.6) is 0 Å². The number of hydrogen-bond donors (Lipinski definition) is 1. The summed E-state index contributed by atoms with van der Waals surface area (Å²) < 4.78 is 0. The molecule has 0 spiro atoms. The first-order valence-electron chi connectivity index (χ1n) is 5.77. The minimum atomic E-state index is -0.338. The normalized spacial score (nSPS) is 10.4. The quantitative estimate of drug-likeness (QED) is 0.648. The molecule has 0 unspecified atom stereocenters. The van der Waals surface area contributed by atoms with E-state index < -0.39 is 0 Å². The van der Waals surface area contributed by atoms with E-state index in [0.29, 0.717) is 0 Å². The molecule has 0 aromatic heterocycles. The van der Waals surface area contributed by atoms with Crippen molar-refractivity contribution in [3.63, 3.8) is 0 Å². The van der Waals surface area contributed by atoms with Gasteiger partial charge in [-0.2, -0.15) is 0 Å². The van der Waals surface area contributed by atoms with Crippen molar-refractivity contribution in [1.29, 1.82) is 0 Å². The molecule has 0 fully saturated rings. The lowest BCUT2D eigenvalue weighted by molar-refractivity contribution is -0.117. The average molecular weight is 256 g/mol. The minimum absolute atomic E-state index is 0.123. The predicted molar refractivity (Wildman–Crippen MR) is 70.5 cm³/mol. The Morgan fingerprint density at radius 3 is 2.18 bits per heavy atom. The predicted octanol–water partition coefficient (Wildman–Crippen LogP) is 2.33. The highest BCUT2D eigenvalue weighted by Crippen LogP contribution is 2.27. The number of aryl methyl sites for hydroxylation is 2. The van der Waals surface area contributed by atoms with Crippen molar-refractivity contribution in [2.45, 2.75) is 26.7 Å². The van der Waals surface area contributed by atoms with Crippen LogP contribution in [0.15, 0.2) is 18.2 Å². The number of carbonyl (C=O) groups excluding carboxylic acids is 1. The maximum Gasteiger partial charge on any atom is 0.243 e. The summed E-state index contributed by atoms with van der Waals surface area (Å²) in [4.78, 5) is 13.1. The number of amides is 1. The molecule has 1 N–H and O–H groups in total. The van der Waals surface area contributed by atoms with Crippen molar-refractivity contribution in [3.8, 4) is 0 Å². The van der Waals surface area contributed by atoms with E-state index in [1.165, 1.54) is 4.90 Å². The number of rotatable bonds is 5. The van der Waals surface area contributed by atoms with Gasteiger partial charge in [0.2, 0.25) is 5.91 Å². The van der Waals surface area contributed by atoms with Crippen LogP contribution in [0, 0.1) is 0 Å². The molecule has 1 amide bonds. The van der Waals surface area contributed by atoms with Crippen molar-refractivity contribution < 1.29 is 9.90 Å². The third kappa shape index (κ3) is 2.99. The molecular formula is C13H18ClNO2. The molecule has 0 aliphatic rings. The molecule has 0 radical (unpaired) electrons. The lowest BCUT2D eigenvalue weighted by Crippen LogP contribution is -2.34. The van der Waals surface area contributed by atoms with E-state index in [-0.39, 0.29) is 18.5 Å². The van der Waals surface area contributed by atoms with Crippen LogP contribution in [0.3, 0.4) is 0 Å². The van der Waals surface area contributed by atoms with Crippen LogP contribution in [-0.2, 0) is 17.6 Å². The van der Waals surface area contributed by atoms with Crippen LogP contribution in [0.4, 0.5) is 5.69 Å². The number of para-hydroxylation sites is 1. The SMILES string of the molecule is CCc1cccc(CC)c1N(CO)C(=O)CCl. The van der Waals surface area contributed by atoms with E-state index in [0.717, 1.165) is 29.7 Å². The van der Waals surface area contributed by atoms with Gasteiger partial charge in [-0.05, 0) is 24.0 Å². The largest absolute Gasteiger partial charge is 0.376 e. The van der Waals surface area contributed by atoms with Crippen molar-refractivity contribution in [1.82, 2.24) is 0 Å². The number of carbonyl (C=O) groups is 1. The summed E-state index contributed by atoms with van der Waals surface area (Å²) in [7, 11) is 0. The number of aliphatic hydroxyl groups is 1. The Balaban J connectivity index is 3.29. The fourth-order valence-electron chi connectivity index (χ4n) is 1.91. The van der Waals surface area contributed by atoms with Crippen molar-refractivity contribution in [2.24, 2.45) is 0 Å². The summed E-state index contributed by atoms with van der Waals surface area (Å²) >= 11 is 5.56. The zero-order chi connectivity index (χ0) is 12.8. The molecule has 0 aliphatic carbocycles. The molecule has 0 heterocycles. The maximum atomic E-state index is 11.7. The van der Waals surface area contributed by atoms with Gasteiger partial charge in [-0.15, -0.1) is 11.6 Å². The smallest absolute Gasteiger partial charge is 0.243 e. The number of halogens is 1. The standard InChI is InChI=1S/C13H18ClNO2/c1-3-10-6-5-7-11(4-2)13(10)15(9-16)12(17)8-14/h5-7,16H,3-4,8-9H2,1-2H3. The molecular weight excluding hydrogens is 238 g/mol. The second-order valence-electron chi connectivity index (χ2n) is 3.73. The summed E-state index contributed by atoms with van der Waals surface area (Å²) in [5, 5.41) is 9.37. The van der Waals surface area contributed by atoms with Crippen molar-refractivity contribution >= 4 is 23.2 Å². The maximum absolute atomic E-state index is 11.7. The number of nitrogens with zero attached hydrogens (tertiary/aromatic N) is 1. The van der Waals surface area contributed by atoms with Crippen LogP contribution in [-0.4, -0.2) is 23.6 Å². The second kappa shape index (κ2) is 6.62. The first-order chi connectivity index (χ1) is 8.19. The topological polar surface area (TPSA) is 40.5 Å². The molecule has 4 heteroatoms. The molecule has 1 aromatic rings. The number of benzene rings is 1. The van der Waals surface area contributed by atoms with E-state index >= 15 is 0 Å². The highest BCUT2D eigenvalue weighted by atomic mass is 35.5. The van der Waals surface area contributed by atoms with E-state index in [4.69, 9.17) is 11.6 Å². The average Bonchev–Trinajstić information content (AvgIpc) is 2.39. The minimum Gasteiger partial charge on any atom is -0.376 e. The van der Waals surface area contributed by atoms with E-state index in [9.17, 15) is 9.90 Å². The summed E-state index contributed by atoms with van der Waals surface area (Å²) in [5.74, 6) is -0.397. The van der Waals surface area contributed by atoms with Gasteiger partial charge in [0.05, 0.1) is 5.69 Å². The fourth-order valence-corrected chi connectivity index (χ4v) is 2.05. The third-order valence-corrected chi connectivity index (χ3v) is 3.02. The van der Waals surface area contributed by atoms with Gasteiger partial charge < -0.3 is 5.11 Å². The number of aliphatic hydroxyl groups excluding tert-OH is 1. The van der Waals surface area contributed by atoms with Gasteiger partial charge in [-0.25, -0.2) is 0 Å². The molecule has 0 saturated heterocycles. The first-order valence-corrected chi connectivity index (χ1v) is 6.30. The molecule has 1 aromatic carbocycles. The Kier molecular flexibility index (Phi) is 5.45. The van der Waals surface area contributed by atoms with Crippen molar-refractivity contribution in [2.75, 3.05) is 17.5 Å². The van der Waals surface area contributed by atoms with Gasteiger partial charge in [0.1, 0.15) is 12.6 Å². The molecule has 17 heavy (non-hydrogen) atoms. The summed E-state index contributed by atoms with van der Waals surface area (Å²) in [5.41, 5.74) is 2.92. The number of hydrogen-bond acceptors (Lipinski definition) is 2. The lowest BCUT2D eigenvalue weighted by Gasteiger charge is -2.24. The Hall–Kier alpha value is -1.06. The fraction of sp³-hybridized carbons (Fsp3) is 0.462. The molecule has 0 aliphatic heterocycles. The molecule has 0 bridgehead atoms. The zero-order valence-corrected chi connectivity index (χ0v) is 11.0. The Morgan fingerprint density at radius 2 is 1.82 bits per heavy atom. The summed E-state index contributed by atoms with van der Waals surface area (Å²) in [6.45, 7) is 3.72. The van der Waals surface area contributed by atoms with E-state index in [1.54, 1.807) is 0 Å². The Morgan fingerprint density at radius 1 is 1.29 bits per heavy atom. The highest BCUT2D eigenvalue weighted by Gasteiger charge is 2.19. The highest BCUT2D eigenvalue weighted by molar-refractivity contribution is 6.29. The number of anilines is 1. The molecule has 0 saturated carbocycles. The number of alkyl halides is 1. The van der Waals surface area contributed by atoms with Gasteiger partial charge in [0.25, 0.3) is 0 Å². The second-order valence-corrected chi connectivity index (χ2v) is 4.00.